The first-order valence-corrected chi connectivity index (χ1v) is 10.2. The lowest BCUT2D eigenvalue weighted by molar-refractivity contribution is -0.142. The zero-order valence-electron chi connectivity index (χ0n) is 18.5. The fourth-order valence-corrected chi connectivity index (χ4v) is 3.00. The standard InChI is InChI=1S/C21H30F3N5O2/c1-6-25-20(26-12-16-13-29(5)28-19(16)21(22,23)24)27-14(4)15-9-10-17(30-7-2)18(11-15)31-8-3/h9-11,13-14H,6-8,12H2,1-5H3,(H2,25,26,27). The molecule has 7 nitrogen and oxygen atoms in total. The molecule has 0 aliphatic heterocycles. The van der Waals surface area contributed by atoms with Crippen LogP contribution in [0.2, 0.25) is 0 Å². The first kappa shape index (κ1) is 24.4. The van der Waals surface area contributed by atoms with E-state index in [1.807, 2.05) is 45.9 Å². The van der Waals surface area contributed by atoms with Crippen molar-refractivity contribution in [2.24, 2.45) is 12.0 Å². The zero-order chi connectivity index (χ0) is 23.0. The van der Waals surface area contributed by atoms with Gasteiger partial charge < -0.3 is 20.1 Å². The molecule has 0 spiro atoms. The number of aliphatic imine (C=N–C) groups is 1. The normalized spacial score (nSPS) is 13.1. The number of nitrogens with zero attached hydrogens (tertiary/aromatic N) is 3. The average molecular weight is 441 g/mol. The summed E-state index contributed by atoms with van der Waals surface area (Å²) >= 11 is 0. The lowest BCUT2D eigenvalue weighted by Crippen LogP contribution is -2.38. The van der Waals surface area contributed by atoms with Crippen molar-refractivity contribution >= 4 is 5.96 Å². The lowest BCUT2D eigenvalue weighted by atomic mass is 10.1. The van der Waals surface area contributed by atoms with E-state index in [0.717, 1.165) is 10.2 Å². The van der Waals surface area contributed by atoms with E-state index in [4.69, 9.17) is 9.47 Å². The van der Waals surface area contributed by atoms with Crippen molar-refractivity contribution in [3.8, 4) is 11.5 Å². The van der Waals surface area contributed by atoms with E-state index in [2.05, 4.69) is 20.7 Å². The molecule has 2 rings (SSSR count). The van der Waals surface area contributed by atoms with Gasteiger partial charge >= 0.3 is 6.18 Å². The molecular weight excluding hydrogens is 411 g/mol. The van der Waals surface area contributed by atoms with Crippen LogP contribution < -0.4 is 20.1 Å². The summed E-state index contributed by atoms with van der Waals surface area (Å²) in [7, 11) is 1.45. The molecule has 2 N–H and O–H groups in total. The molecule has 0 saturated carbocycles. The Kier molecular flexibility index (Phi) is 8.58. The van der Waals surface area contributed by atoms with Gasteiger partial charge in [0.05, 0.1) is 25.8 Å². The number of aromatic nitrogens is 2. The third-order valence-electron chi connectivity index (χ3n) is 4.35. The summed E-state index contributed by atoms with van der Waals surface area (Å²) in [5.74, 6) is 1.71. The van der Waals surface area contributed by atoms with Crippen LogP contribution in [0.4, 0.5) is 13.2 Å². The van der Waals surface area contributed by atoms with Crippen LogP contribution >= 0.6 is 0 Å². The smallest absolute Gasteiger partial charge is 0.435 e. The molecule has 1 heterocycles. The van der Waals surface area contributed by atoms with Gasteiger partial charge in [-0.25, -0.2) is 4.99 Å². The van der Waals surface area contributed by atoms with Gasteiger partial charge in [0, 0.05) is 25.4 Å². The summed E-state index contributed by atoms with van der Waals surface area (Å²) in [5.41, 5.74) is 0.0185. The number of nitrogens with one attached hydrogen (secondary N) is 2. The summed E-state index contributed by atoms with van der Waals surface area (Å²) in [5, 5.41) is 9.81. The Morgan fingerprint density at radius 3 is 2.45 bits per heavy atom. The van der Waals surface area contributed by atoms with Crippen molar-refractivity contribution in [3.05, 3.63) is 41.2 Å². The van der Waals surface area contributed by atoms with Gasteiger partial charge in [-0.3, -0.25) is 4.68 Å². The van der Waals surface area contributed by atoms with Gasteiger partial charge in [-0.2, -0.15) is 18.3 Å². The maximum absolute atomic E-state index is 13.2. The third kappa shape index (κ3) is 6.80. The summed E-state index contributed by atoms with van der Waals surface area (Å²) in [6.45, 7) is 9.05. The van der Waals surface area contributed by atoms with Crippen molar-refractivity contribution in [1.29, 1.82) is 0 Å². The number of aryl methyl sites for hydroxylation is 1. The predicted octanol–water partition coefficient (Wildman–Crippen LogP) is 4.05. The molecule has 0 saturated heterocycles. The van der Waals surface area contributed by atoms with Gasteiger partial charge in [-0.15, -0.1) is 0 Å². The fourth-order valence-electron chi connectivity index (χ4n) is 3.00. The number of halogens is 3. The Hall–Kier alpha value is -2.91. The highest BCUT2D eigenvalue weighted by atomic mass is 19.4. The van der Waals surface area contributed by atoms with Crippen molar-refractivity contribution in [2.75, 3.05) is 19.8 Å². The second-order valence-electron chi connectivity index (χ2n) is 6.81. The Labute approximate surface area is 180 Å². The van der Waals surface area contributed by atoms with Gasteiger partial charge in [0.2, 0.25) is 0 Å². The molecule has 0 bridgehead atoms. The number of hydrogen-bond acceptors (Lipinski definition) is 4. The first-order chi connectivity index (χ1) is 14.7. The van der Waals surface area contributed by atoms with Crippen molar-refractivity contribution in [3.63, 3.8) is 0 Å². The minimum Gasteiger partial charge on any atom is -0.490 e. The Morgan fingerprint density at radius 1 is 1.16 bits per heavy atom. The van der Waals surface area contributed by atoms with Crippen LogP contribution in [0.15, 0.2) is 29.4 Å². The molecule has 0 radical (unpaired) electrons. The van der Waals surface area contributed by atoms with Gasteiger partial charge in [-0.05, 0) is 45.4 Å². The molecule has 31 heavy (non-hydrogen) atoms. The van der Waals surface area contributed by atoms with Crippen molar-refractivity contribution in [1.82, 2.24) is 20.4 Å². The molecule has 2 aromatic rings. The number of ether oxygens (including phenoxy) is 2. The summed E-state index contributed by atoms with van der Waals surface area (Å²) < 4.78 is 51.9. The lowest BCUT2D eigenvalue weighted by Gasteiger charge is -2.20. The van der Waals surface area contributed by atoms with Crippen molar-refractivity contribution in [2.45, 2.75) is 46.5 Å². The van der Waals surface area contributed by atoms with Gasteiger partial charge in [0.1, 0.15) is 0 Å². The number of alkyl halides is 3. The second-order valence-corrected chi connectivity index (χ2v) is 6.81. The molecule has 172 valence electrons. The number of hydrogen-bond donors (Lipinski definition) is 2. The van der Waals surface area contributed by atoms with Crippen LogP contribution in [-0.4, -0.2) is 35.5 Å². The first-order valence-electron chi connectivity index (χ1n) is 10.2. The maximum Gasteiger partial charge on any atom is 0.435 e. The molecule has 0 aliphatic carbocycles. The quantitative estimate of drug-likeness (QED) is 0.454. The number of rotatable bonds is 9. The topological polar surface area (TPSA) is 72.7 Å². The Morgan fingerprint density at radius 2 is 1.84 bits per heavy atom. The zero-order valence-corrected chi connectivity index (χ0v) is 18.5. The molecule has 10 heteroatoms. The van der Waals surface area contributed by atoms with E-state index in [1.165, 1.54) is 13.2 Å². The molecule has 1 unspecified atom stereocenters. The molecular formula is C21H30F3N5O2. The predicted molar refractivity (Wildman–Crippen MR) is 113 cm³/mol. The SMILES string of the molecule is CCNC(=NCc1cn(C)nc1C(F)(F)F)NC(C)c1ccc(OCC)c(OCC)c1. The van der Waals surface area contributed by atoms with Crippen LogP contribution in [0.1, 0.15) is 50.6 Å². The summed E-state index contributed by atoms with van der Waals surface area (Å²) in [6, 6.07) is 5.47. The molecule has 0 fully saturated rings. The van der Waals surface area contributed by atoms with E-state index in [-0.39, 0.29) is 18.2 Å². The highest BCUT2D eigenvalue weighted by Gasteiger charge is 2.36. The van der Waals surface area contributed by atoms with Gasteiger partial charge in [-0.1, -0.05) is 6.07 Å². The minimum atomic E-state index is -4.52. The largest absolute Gasteiger partial charge is 0.490 e. The van der Waals surface area contributed by atoms with Gasteiger partial charge in [0.15, 0.2) is 23.2 Å². The van der Waals surface area contributed by atoms with E-state index in [0.29, 0.717) is 37.2 Å². The summed E-state index contributed by atoms with van der Waals surface area (Å²) in [6.07, 6.45) is -3.19. The van der Waals surface area contributed by atoms with Crippen molar-refractivity contribution < 1.29 is 22.6 Å². The highest BCUT2D eigenvalue weighted by Crippen LogP contribution is 2.32. The molecule has 1 aromatic heterocycles. The van der Waals surface area contributed by atoms with Crippen LogP contribution in [0, 0.1) is 0 Å². The highest BCUT2D eigenvalue weighted by molar-refractivity contribution is 5.80. The monoisotopic (exact) mass is 441 g/mol. The van der Waals surface area contributed by atoms with Crippen LogP contribution in [0.5, 0.6) is 11.5 Å². The van der Waals surface area contributed by atoms with Gasteiger partial charge in [0.25, 0.3) is 0 Å². The van der Waals surface area contributed by atoms with Crippen LogP contribution in [0.25, 0.3) is 0 Å². The maximum atomic E-state index is 13.2. The molecule has 1 aromatic carbocycles. The van der Waals surface area contributed by atoms with E-state index in [1.54, 1.807) is 0 Å². The Balaban J connectivity index is 2.20. The van der Waals surface area contributed by atoms with E-state index < -0.39 is 11.9 Å². The van der Waals surface area contributed by atoms with E-state index in [9.17, 15) is 13.2 Å². The molecule has 0 amide bonds. The summed E-state index contributed by atoms with van der Waals surface area (Å²) in [4.78, 5) is 4.33. The Bertz CT molecular complexity index is 880. The van der Waals surface area contributed by atoms with Crippen LogP contribution in [0.3, 0.4) is 0 Å². The minimum absolute atomic E-state index is 0.0135. The fraction of sp³-hybridized carbons (Fsp3) is 0.524. The molecule has 0 aliphatic rings. The van der Waals surface area contributed by atoms with Crippen LogP contribution in [-0.2, 0) is 19.8 Å². The third-order valence-corrected chi connectivity index (χ3v) is 4.35. The second kappa shape index (κ2) is 10.9. The average Bonchev–Trinajstić information content (AvgIpc) is 3.09. The number of benzene rings is 1. The molecule has 1 atom stereocenters. The van der Waals surface area contributed by atoms with E-state index >= 15 is 0 Å². The number of guanidine groups is 1.